The van der Waals surface area contributed by atoms with Gasteiger partial charge in [0.15, 0.2) is 0 Å². The average molecular weight is 667 g/mol. The number of aliphatic hydroxyl groups is 1. The van der Waals surface area contributed by atoms with Crippen LogP contribution in [0, 0.1) is 0 Å². The lowest BCUT2D eigenvalue weighted by molar-refractivity contribution is 0.00225. The van der Waals surface area contributed by atoms with E-state index < -0.39 is 64.7 Å². The van der Waals surface area contributed by atoms with Crippen molar-refractivity contribution < 1.29 is 63.9 Å². The minimum atomic E-state index is -5.41. The highest BCUT2D eigenvalue weighted by Gasteiger charge is 2.58. The summed E-state index contributed by atoms with van der Waals surface area (Å²) in [6, 6.07) is 15.4. The quantitative estimate of drug-likeness (QED) is 0.105. The van der Waals surface area contributed by atoms with E-state index in [1.165, 1.54) is 48.5 Å². The van der Waals surface area contributed by atoms with Crippen molar-refractivity contribution in [3.05, 3.63) is 101 Å². The van der Waals surface area contributed by atoms with E-state index in [9.17, 15) is 59.3 Å². The number of hydrogen-bond acceptors (Lipinski definition) is 10. The molecule has 16 heteroatoms. The van der Waals surface area contributed by atoms with Crippen LogP contribution in [0.4, 0.5) is 0 Å². The molecular formula is C28H28O13P2S. The van der Waals surface area contributed by atoms with Crippen molar-refractivity contribution in [1.82, 2.24) is 0 Å². The maximum absolute atomic E-state index is 13.4. The van der Waals surface area contributed by atoms with Crippen LogP contribution in [0.2, 0.25) is 0 Å². The third-order valence-electron chi connectivity index (χ3n) is 7.06. The van der Waals surface area contributed by atoms with Crippen LogP contribution >= 0.6 is 26.0 Å². The van der Waals surface area contributed by atoms with Gasteiger partial charge in [-0.2, -0.15) is 0 Å². The van der Waals surface area contributed by atoms with Crippen molar-refractivity contribution in [2.24, 2.45) is 0 Å². The smallest absolute Gasteiger partial charge is 0.508 e. The monoisotopic (exact) mass is 666 g/mol. The van der Waals surface area contributed by atoms with Gasteiger partial charge >= 0.3 is 14.6 Å². The van der Waals surface area contributed by atoms with Gasteiger partial charge in [0.25, 0.3) is 0 Å². The SMILES string of the molecule is CCC(c1ccc(O)cc1)(c1cccc(O)c1)C(O)(c1ccc(O)cc1OP(=O)(O)O)c1c(O)cc(O)cc1SP(=O)(O)O. The van der Waals surface area contributed by atoms with E-state index in [1.807, 2.05) is 0 Å². The Hall–Kier alpha value is -3.71. The Morgan fingerprint density at radius 2 is 1.34 bits per heavy atom. The first kappa shape index (κ1) is 33.2. The topological polar surface area (TPSA) is 246 Å². The molecule has 0 aliphatic heterocycles. The van der Waals surface area contributed by atoms with Gasteiger partial charge in [-0.1, -0.05) is 31.2 Å². The number of rotatable bonds is 10. The molecule has 4 aromatic rings. The summed E-state index contributed by atoms with van der Waals surface area (Å²) in [5.74, 6) is -3.33. The molecule has 2 atom stereocenters. The van der Waals surface area contributed by atoms with Crippen LogP contribution in [-0.4, -0.2) is 50.2 Å². The van der Waals surface area contributed by atoms with E-state index in [0.717, 1.165) is 30.3 Å². The molecule has 0 fully saturated rings. The van der Waals surface area contributed by atoms with Crippen LogP contribution in [0.15, 0.2) is 83.8 Å². The van der Waals surface area contributed by atoms with Gasteiger partial charge in [0.05, 0.1) is 5.41 Å². The lowest BCUT2D eigenvalue weighted by Crippen LogP contribution is -2.51. The third-order valence-corrected chi connectivity index (χ3v) is 9.56. The Kier molecular flexibility index (Phi) is 9.05. The number of phosphoric ester groups is 1. The van der Waals surface area contributed by atoms with Crippen molar-refractivity contribution in [2.45, 2.75) is 29.3 Å². The molecule has 44 heavy (non-hydrogen) atoms. The summed E-state index contributed by atoms with van der Waals surface area (Å²) >= 11 is -0.124. The van der Waals surface area contributed by atoms with E-state index in [2.05, 4.69) is 0 Å². The highest BCUT2D eigenvalue weighted by atomic mass is 32.7. The molecule has 0 saturated heterocycles. The fraction of sp³-hybridized carbons (Fsp3) is 0.143. The lowest BCUT2D eigenvalue weighted by Gasteiger charge is -2.49. The molecule has 234 valence electrons. The summed E-state index contributed by atoms with van der Waals surface area (Å²) in [7, 11) is -5.41. The molecule has 4 rings (SSSR count). The molecule has 0 aliphatic rings. The molecular weight excluding hydrogens is 638 g/mol. The minimum absolute atomic E-state index is 0.124. The first-order chi connectivity index (χ1) is 20.4. The fourth-order valence-electron chi connectivity index (χ4n) is 5.51. The van der Waals surface area contributed by atoms with Gasteiger partial charge in [-0.05, 0) is 71.4 Å². The minimum Gasteiger partial charge on any atom is -0.508 e. The molecule has 0 saturated carbocycles. The van der Waals surface area contributed by atoms with Crippen LogP contribution in [0.1, 0.15) is 35.6 Å². The van der Waals surface area contributed by atoms with Crippen molar-refractivity contribution in [1.29, 1.82) is 0 Å². The molecule has 0 spiro atoms. The van der Waals surface area contributed by atoms with Crippen LogP contribution in [-0.2, 0) is 20.1 Å². The van der Waals surface area contributed by atoms with Crippen molar-refractivity contribution in [3.63, 3.8) is 0 Å². The standard InChI is InChI=1S/C28H28O13P2S/c1-2-27(16-6-8-18(29)9-7-16,17-4-3-5-19(30)12-17)28(34,22-11-10-20(31)14-24(22)41-42(35,36)37)26-23(33)13-21(32)15-25(26)44-43(38,39)40/h3-15,29-34H,2H2,1H3,(H2,35,36,37)(H2,38,39,40). The molecule has 10 N–H and O–H groups in total. The summed E-state index contributed by atoms with van der Waals surface area (Å²) < 4.78 is 29.3. The van der Waals surface area contributed by atoms with Gasteiger partial charge in [-0.3, -0.25) is 9.79 Å². The largest absolute Gasteiger partial charge is 0.524 e. The molecule has 2 unspecified atom stereocenters. The number of benzene rings is 4. The summed E-state index contributed by atoms with van der Waals surface area (Å²) in [5.41, 5.74) is -5.65. The molecule has 0 amide bonds. The van der Waals surface area contributed by atoms with Gasteiger partial charge in [0.2, 0.25) is 0 Å². The zero-order valence-corrected chi connectivity index (χ0v) is 25.3. The van der Waals surface area contributed by atoms with Crippen molar-refractivity contribution in [3.8, 4) is 34.5 Å². The number of hydrogen-bond donors (Lipinski definition) is 10. The molecule has 13 nitrogen and oxygen atoms in total. The van der Waals surface area contributed by atoms with Gasteiger partial charge in [-0.15, -0.1) is 0 Å². The number of phenolic OH excluding ortho intramolecular Hbond substituents is 5. The van der Waals surface area contributed by atoms with Gasteiger partial charge in [0, 0.05) is 28.2 Å². The maximum Gasteiger partial charge on any atom is 0.524 e. The highest BCUT2D eigenvalue weighted by molar-refractivity contribution is 8.54. The predicted molar refractivity (Wildman–Crippen MR) is 159 cm³/mol. The van der Waals surface area contributed by atoms with E-state index >= 15 is 0 Å². The second-order valence-corrected chi connectivity index (χ2v) is 14.5. The molecule has 0 bridgehead atoms. The van der Waals surface area contributed by atoms with Crippen LogP contribution in [0.25, 0.3) is 0 Å². The van der Waals surface area contributed by atoms with Crippen LogP contribution < -0.4 is 4.52 Å². The molecule has 0 aliphatic carbocycles. The van der Waals surface area contributed by atoms with Gasteiger partial charge in [0.1, 0.15) is 40.1 Å². The van der Waals surface area contributed by atoms with E-state index in [0.29, 0.717) is 0 Å². The molecule has 0 aromatic heterocycles. The predicted octanol–water partition coefficient (Wildman–Crippen LogP) is 4.50. The zero-order valence-electron chi connectivity index (χ0n) is 22.7. The highest BCUT2D eigenvalue weighted by Crippen LogP contribution is 2.64. The van der Waals surface area contributed by atoms with Crippen molar-refractivity contribution >= 4 is 26.0 Å². The summed E-state index contributed by atoms with van der Waals surface area (Å²) in [6.45, 7) is -3.49. The lowest BCUT2D eigenvalue weighted by atomic mass is 9.56. The Balaban J connectivity index is 2.34. The van der Waals surface area contributed by atoms with Gasteiger partial charge < -0.3 is 44.9 Å². The Morgan fingerprint density at radius 3 is 1.91 bits per heavy atom. The normalized spacial score (nSPS) is 14.9. The second kappa shape index (κ2) is 12.0. The van der Waals surface area contributed by atoms with Crippen LogP contribution in [0.5, 0.6) is 34.5 Å². The first-order valence-corrected chi connectivity index (χ1v) is 17.2. The third kappa shape index (κ3) is 6.39. The number of phosphoric acid groups is 1. The van der Waals surface area contributed by atoms with Crippen LogP contribution in [0.3, 0.4) is 0 Å². The Bertz CT molecular complexity index is 1790. The van der Waals surface area contributed by atoms with E-state index in [-0.39, 0.29) is 40.4 Å². The Labute approximate surface area is 254 Å². The molecule has 0 radical (unpaired) electrons. The maximum atomic E-state index is 13.4. The number of phenols is 5. The zero-order chi connectivity index (χ0) is 32.7. The number of aromatic hydroxyl groups is 5. The Morgan fingerprint density at radius 1 is 0.727 bits per heavy atom. The van der Waals surface area contributed by atoms with E-state index in [4.69, 9.17) is 4.52 Å². The summed E-state index contributed by atoms with van der Waals surface area (Å²) in [5, 5.41) is 66.0. The average Bonchev–Trinajstić information content (AvgIpc) is 2.88. The molecule has 0 heterocycles. The van der Waals surface area contributed by atoms with E-state index in [1.54, 1.807) is 6.92 Å². The van der Waals surface area contributed by atoms with Gasteiger partial charge in [-0.25, -0.2) is 9.13 Å². The van der Waals surface area contributed by atoms with Crippen molar-refractivity contribution in [2.75, 3.05) is 0 Å². The molecule has 4 aromatic carbocycles. The fourth-order valence-corrected chi connectivity index (χ4v) is 7.89. The summed E-state index contributed by atoms with van der Waals surface area (Å²) in [4.78, 5) is 38.8. The second-order valence-electron chi connectivity index (χ2n) is 9.75. The first-order valence-electron chi connectivity index (χ1n) is 12.6. The summed E-state index contributed by atoms with van der Waals surface area (Å²) in [6.07, 6.45) is -0.158.